The second-order valence-corrected chi connectivity index (χ2v) is 11.9. The van der Waals surface area contributed by atoms with Crippen LogP contribution < -0.4 is 5.32 Å². The maximum Gasteiger partial charge on any atom is 0.409 e. The average molecular weight is 598 g/mol. The predicted molar refractivity (Wildman–Crippen MR) is 161 cm³/mol. The van der Waals surface area contributed by atoms with Gasteiger partial charge in [0, 0.05) is 51.9 Å². The summed E-state index contributed by atoms with van der Waals surface area (Å²) in [6.07, 6.45) is 1.38. The Morgan fingerprint density at radius 1 is 1.07 bits per heavy atom. The van der Waals surface area contributed by atoms with Gasteiger partial charge in [-0.1, -0.05) is 37.0 Å². The highest BCUT2D eigenvalue weighted by atomic mass is 35.5. The molecule has 1 saturated heterocycles. The molecule has 2 aromatic carbocycles. The minimum atomic E-state index is -0.255. The van der Waals surface area contributed by atoms with E-state index in [4.69, 9.17) is 32.4 Å². The number of aromatic nitrogens is 2. The van der Waals surface area contributed by atoms with Crippen LogP contribution in [0.15, 0.2) is 52.9 Å². The minimum absolute atomic E-state index is 0.218. The number of carbonyl (C=O) groups is 2. The Bertz CT molecular complexity index is 1540. The maximum absolute atomic E-state index is 13.0. The molecule has 0 bridgehead atoms. The first kappa shape index (κ1) is 29.0. The molecular weight excluding hydrogens is 563 g/mol. The van der Waals surface area contributed by atoms with Crippen molar-refractivity contribution in [1.82, 2.24) is 20.0 Å². The summed E-state index contributed by atoms with van der Waals surface area (Å²) in [4.78, 5) is 26.9. The van der Waals surface area contributed by atoms with Gasteiger partial charge in [-0.25, -0.2) is 4.79 Å². The molecule has 0 saturated carbocycles. The number of benzene rings is 2. The highest BCUT2D eigenvalue weighted by Gasteiger charge is 2.25. The minimum Gasteiger partial charge on any atom is -0.456 e. The lowest BCUT2D eigenvalue weighted by Gasteiger charge is -2.31. The van der Waals surface area contributed by atoms with Crippen molar-refractivity contribution in [3.05, 3.63) is 75.5 Å². The molecule has 5 rings (SSSR count). The summed E-state index contributed by atoms with van der Waals surface area (Å²) < 4.78 is 13.4. The van der Waals surface area contributed by atoms with Gasteiger partial charge in [0.1, 0.15) is 17.0 Å². The monoisotopic (exact) mass is 596 g/mol. The van der Waals surface area contributed by atoms with Gasteiger partial charge in [0.2, 0.25) is 0 Å². The molecule has 4 aromatic rings. The van der Waals surface area contributed by atoms with Gasteiger partial charge in [0.15, 0.2) is 0 Å². The van der Waals surface area contributed by atoms with Crippen molar-refractivity contribution in [1.29, 1.82) is 0 Å². The fraction of sp³-hybridized carbons (Fsp3) is 0.387. The van der Waals surface area contributed by atoms with Crippen LogP contribution in [0.4, 0.5) is 4.79 Å². The molecule has 2 aromatic heterocycles. The molecule has 1 N–H and O–H groups in total. The lowest BCUT2D eigenvalue weighted by Crippen LogP contribution is -2.42. The summed E-state index contributed by atoms with van der Waals surface area (Å²) in [5, 5.41) is 9.75. The summed E-state index contributed by atoms with van der Waals surface area (Å²) in [7, 11) is 0. The molecule has 1 aliphatic heterocycles. The predicted octanol–water partition coefficient (Wildman–Crippen LogP) is 7.19. The molecule has 10 heteroatoms. The van der Waals surface area contributed by atoms with Gasteiger partial charge in [-0.2, -0.15) is 5.10 Å². The number of amides is 2. The van der Waals surface area contributed by atoms with Crippen LogP contribution in [-0.2, 0) is 11.3 Å². The van der Waals surface area contributed by atoms with Crippen LogP contribution in [-0.4, -0.2) is 52.9 Å². The molecule has 8 nitrogen and oxygen atoms in total. The van der Waals surface area contributed by atoms with Crippen LogP contribution in [0.25, 0.3) is 22.3 Å². The van der Waals surface area contributed by atoms with Crippen LogP contribution in [0.2, 0.25) is 10.0 Å². The van der Waals surface area contributed by atoms with E-state index in [1.54, 1.807) is 15.6 Å². The third-order valence-electron chi connectivity index (χ3n) is 7.28. The van der Waals surface area contributed by atoms with Gasteiger partial charge < -0.3 is 19.4 Å². The van der Waals surface area contributed by atoms with Gasteiger partial charge in [0.25, 0.3) is 5.91 Å². The Morgan fingerprint density at radius 2 is 1.80 bits per heavy atom. The Morgan fingerprint density at radius 3 is 2.51 bits per heavy atom. The van der Waals surface area contributed by atoms with Gasteiger partial charge >= 0.3 is 6.09 Å². The quantitative estimate of drug-likeness (QED) is 0.232. The Hall–Kier alpha value is -3.49. The number of rotatable bonds is 8. The normalized spacial score (nSPS) is 14.1. The van der Waals surface area contributed by atoms with E-state index in [-0.39, 0.29) is 12.0 Å². The first-order valence-corrected chi connectivity index (χ1v) is 14.6. The lowest BCUT2D eigenvalue weighted by atomic mass is 9.97. The summed E-state index contributed by atoms with van der Waals surface area (Å²) in [6, 6.07) is 15.0. The van der Waals surface area contributed by atoms with Gasteiger partial charge in [-0.15, -0.1) is 0 Å². The Kier molecular flexibility index (Phi) is 8.90. The number of aryl methyl sites for hydroxylation is 1. The number of furan rings is 1. The number of halogens is 2. The average Bonchev–Trinajstić information content (AvgIpc) is 3.54. The fourth-order valence-electron chi connectivity index (χ4n) is 4.98. The SMILES string of the molecule is Cc1cc(C(=O)NCC2CCN(C(=O)OCC(C)C)CC2)nn1Cc1cc(Cl)cc2cc(-c3ccc(Cl)cc3)oc12. The van der Waals surface area contributed by atoms with E-state index in [9.17, 15) is 9.59 Å². The third kappa shape index (κ3) is 7.05. The second kappa shape index (κ2) is 12.6. The summed E-state index contributed by atoms with van der Waals surface area (Å²) in [5.41, 5.74) is 3.71. The van der Waals surface area contributed by atoms with Crippen molar-refractivity contribution in [2.45, 2.75) is 40.2 Å². The number of nitrogens with zero attached hydrogens (tertiary/aromatic N) is 3. The van der Waals surface area contributed by atoms with E-state index in [1.165, 1.54) is 0 Å². The molecule has 3 heterocycles. The molecule has 0 atom stereocenters. The van der Waals surface area contributed by atoms with Crippen LogP contribution in [0.1, 0.15) is 48.4 Å². The van der Waals surface area contributed by atoms with Crippen molar-refractivity contribution >= 4 is 46.2 Å². The highest BCUT2D eigenvalue weighted by molar-refractivity contribution is 6.31. The first-order valence-electron chi connectivity index (χ1n) is 13.9. The number of carbonyl (C=O) groups excluding carboxylic acids is 2. The largest absolute Gasteiger partial charge is 0.456 e. The van der Waals surface area contributed by atoms with E-state index in [0.717, 1.165) is 46.4 Å². The number of hydrogen-bond acceptors (Lipinski definition) is 5. The number of nitrogens with one attached hydrogen (secondary N) is 1. The van der Waals surface area contributed by atoms with E-state index >= 15 is 0 Å². The van der Waals surface area contributed by atoms with Crippen LogP contribution in [0.3, 0.4) is 0 Å². The van der Waals surface area contributed by atoms with Crippen molar-refractivity contribution < 1.29 is 18.7 Å². The molecular formula is C31H34Cl2N4O4. The summed E-state index contributed by atoms with van der Waals surface area (Å²) >= 11 is 12.5. The topological polar surface area (TPSA) is 89.6 Å². The van der Waals surface area contributed by atoms with Crippen molar-refractivity contribution in [3.8, 4) is 11.3 Å². The van der Waals surface area contributed by atoms with Gasteiger partial charge in [0.05, 0.1) is 13.2 Å². The smallest absolute Gasteiger partial charge is 0.409 e. The molecule has 41 heavy (non-hydrogen) atoms. The van der Waals surface area contributed by atoms with Crippen LogP contribution >= 0.6 is 23.2 Å². The third-order valence-corrected chi connectivity index (χ3v) is 7.76. The van der Waals surface area contributed by atoms with Gasteiger partial charge in [-0.3, -0.25) is 9.48 Å². The second-order valence-electron chi connectivity index (χ2n) is 11.0. The molecule has 0 unspecified atom stereocenters. The Balaban J connectivity index is 1.21. The molecule has 1 aliphatic rings. The zero-order valence-electron chi connectivity index (χ0n) is 23.5. The van der Waals surface area contributed by atoms with E-state index in [2.05, 4.69) is 10.4 Å². The maximum atomic E-state index is 13.0. The summed E-state index contributed by atoms with van der Waals surface area (Å²) in [6.45, 7) is 8.57. The molecule has 2 amide bonds. The molecule has 0 radical (unpaired) electrons. The Labute approximate surface area is 249 Å². The number of ether oxygens (including phenoxy) is 1. The number of likely N-dealkylation sites (tertiary alicyclic amines) is 1. The van der Waals surface area contributed by atoms with E-state index in [1.807, 2.05) is 63.2 Å². The standard InChI is InChI=1S/C31H34Cl2N4O4/c1-19(2)18-40-31(39)36-10-8-21(9-11-36)16-34-30(38)27-12-20(3)37(35-27)17-24-14-26(33)13-23-15-28(41-29(23)24)22-4-6-25(32)7-5-22/h4-7,12-15,19,21H,8-11,16-18H2,1-3H3,(H,34,38). The van der Waals surface area contributed by atoms with Gasteiger partial charge in [-0.05, 0) is 80.1 Å². The number of fused-ring (bicyclic) bond motifs is 1. The van der Waals surface area contributed by atoms with Crippen molar-refractivity contribution in [3.63, 3.8) is 0 Å². The summed E-state index contributed by atoms with van der Waals surface area (Å²) in [5.74, 6) is 1.11. The zero-order valence-corrected chi connectivity index (χ0v) is 25.0. The van der Waals surface area contributed by atoms with Crippen molar-refractivity contribution in [2.24, 2.45) is 11.8 Å². The molecule has 0 aliphatic carbocycles. The van der Waals surface area contributed by atoms with E-state index in [0.29, 0.717) is 60.4 Å². The number of piperidine rings is 1. The van der Waals surface area contributed by atoms with Crippen molar-refractivity contribution in [2.75, 3.05) is 26.2 Å². The van der Waals surface area contributed by atoms with Crippen LogP contribution in [0.5, 0.6) is 0 Å². The molecule has 1 fully saturated rings. The van der Waals surface area contributed by atoms with Crippen LogP contribution in [0, 0.1) is 18.8 Å². The molecule has 0 spiro atoms. The fourth-order valence-corrected chi connectivity index (χ4v) is 5.35. The highest BCUT2D eigenvalue weighted by Crippen LogP contribution is 2.33. The lowest BCUT2D eigenvalue weighted by molar-refractivity contribution is 0.0772. The first-order chi connectivity index (χ1) is 19.7. The molecule has 216 valence electrons. The van der Waals surface area contributed by atoms with E-state index < -0.39 is 0 Å². The number of hydrogen-bond donors (Lipinski definition) is 1. The zero-order chi connectivity index (χ0) is 29.1.